The van der Waals surface area contributed by atoms with E-state index in [1.807, 2.05) is 17.5 Å². The molecule has 0 bridgehead atoms. The summed E-state index contributed by atoms with van der Waals surface area (Å²) >= 11 is 8.63. The molecular weight excluding hydrogens is 490 g/mol. The number of ether oxygens (including phenoxy) is 1. The van der Waals surface area contributed by atoms with Gasteiger partial charge in [0, 0.05) is 10.6 Å². The fourth-order valence-electron chi connectivity index (χ4n) is 3.02. The Kier molecular flexibility index (Phi) is 7.18. The van der Waals surface area contributed by atoms with Crippen molar-refractivity contribution in [1.82, 2.24) is 4.98 Å². The summed E-state index contributed by atoms with van der Waals surface area (Å²) in [6.45, 7) is 0. The molecule has 0 saturated heterocycles. The largest absolute Gasteiger partial charge is 0.465 e. The molecule has 6 nitrogen and oxygen atoms in total. The maximum atomic E-state index is 12.8. The van der Waals surface area contributed by atoms with Crippen molar-refractivity contribution in [3.8, 4) is 16.6 Å². The predicted octanol–water partition coefficient (Wildman–Crippen LogP) is 6.63. The van der Waals surface area contributed by atoms with E-state index in [2.05, 4.69) is 16.4 Å². The molecule has 1 N–H and O–H groups in total. The van der Waals surface area contributed by atoms with Crippen LogP contribution in [-0.4, -0.2) is 24.0 Å². The Balaban J connectivity index is 1.68. The molecule has 0 saturated carbocycles. The number of amides is 1. The molecule has 0 aliphatic heterocycles. The highest BCUT2D eigenvalue weighted by molar-refractivity contribution is 7.19. The number of nitrogens with zero attached hydrogens (tertiary/aromatic N) is 2. The van der Waals surface area contributed by atoms with Gasteiger partial charge in [0.1, 0.15) is 21.8 Å². The van der Waals surface area contributed by atoms with Crippen LogP contribution in [0.3, 0.4) is 0 Å². The van der Waals surface area contributed by atoms with Crippen molar-refractivity contribution in [1.29, 1.82) is 5.26 Å². The summed E-state index contributed by atoms with van der Waals surface area (Å²) in [5.41, 5.74) is 2.53. The van der Waals surface area contributed by atoms with E-state index in [1.165, 1.54) is 29.8 Å². The van der Waals surface area contributed by atoms with Crippen molar-refractivity contribution in [2.24, 2.45) is 0 Å². The van der Waals surface area contributed by atoms with E-state index in [0.717, 1.165) is 10.4 Å². The first-order valence-electron chi connectivity index (χ1n) is 9.90. The average molecular weight is 506 g/mol. The number of thiophene rings is 1. The van der Waals surface area contributed by atoms with Gasteiger partial charge in [0.05, 0.1) is 23.1 Å². The maximum absolute atomic E-state index is 12.8. The van der Waals surface area contributed by atoms with Crippen molar-refractivity contribution >= 4 is 62.8 Å². The third kappa shape index (κ3) is 5.24. The van der Waals surface area contributed by atoms with Gasteiger partial charge < -0.3 is 10.1 Å². The van der Waals surface area contributed by atoms with Crippen molar-refractivity contribution in [2.75, 3.05) is 12.4 Å². The van der Waals surface area contributed by atoms with Gasteiger partial charge in [-0.1, -0.05) is 41.1 Å². The van der Waals surface area contributed by atoms with E-state index in [1.54, 1.807) is 54.6 Å². The zero-order chi connectivity index (χ0) is 24.1. The van der Waals surface area contributed by atoms with Crippen LogP contribution in [0.2, 0.25) is 5.02 Å². The normalized spacial score (nSPS) is 11.0. The zero-order valence-corrected chi connectivity index (χ0v) is 20.1. The summed E-state index contributed by atoms with van der Waals surface area (Å²) in [4.78, 5) is 30.0. The first kappa shape index (κ1) is 23.4. The van der Waals surface area contributed by atoms with Crippen LogP contribution >= 0.6 is 34.3 Å². The predicted molar refractivity (Wildman–Crippen MR) is 136 cm³/mol. The highest BCUT2D eigenvalue weighted by Gasteiger charge is 2.19. The monoisotopic (exact) mass is 505 g/mol. The SMILES string of the molecule is COC(=O)c1ccc(C=C(C#N)c2nc(-c3cccs3)c(NC(=O)c3ccc(Cl)cc3)s2)cc1. The number of anilines is 1. The summed E-state index contributed by atoms with van der Waals surface area (Å²) in [7, 11) is 1.32. The quantitative estimate of drug-likeness (QED) is 0.234. The summed E-state index contributed by atoms with van der Waals surface area (Å²) in [6, 6.07) is 19.3. The Bertz CT molecular complexity index is 1400. The van der Waals surface area contributed by atoms with E-state index in [-0.39, 0.29) is 5.91 Å². The number of thiazole rings is 1. The van der Waals surface area contributed by atoms with Crippen LogP contribution < -0.4 is 5.32 Å². The van der Waals surface area contributed by atoms with Crippen LogP contribution in [0, 0.1) is 11.3 Å². The molecule has 0 aliphatic rings. The molecule has 4 aromatic rings. The average Bonchev–Trinajstić information content (AvgIpc) is 3.53. The number of methoxy groups -OCH3 is 1. The molecular formula is C25H16ClN3O3S2. The Hall–Kier alpha value is -3.77. The minimum absolute atomic E-state index is 0.300. The molecule has 0 aliphatic carbocycles. The minimum atomic E-state index is -0.433. The van der Waals surface area contributed by atoms with Crippen LogP contribution in [0.15, 0.2) is 66.0 Å². The van der Waals surface area contributed by atoms with Crippen LogP contribution in [0.1, 0.15) is 31.3 Å². The summed E-state index contributed by atoms with van der Waals surface area (Å²) in [5, 5.41) is 16.2. The molecule has 9 heteroatoms. The standard InChI is InChI=1S/C25H16ClN3O3S2/c1-32-25(31)17-6-4-15(5-7-17)13-18(14-27)23-28-21(20-3-2-12-33-20)24(34-23)29-22(30)16-8-10-19(26)11-9-16/h2-13H,1H3,(H,29,30). The molecule has 4 rings (SSSR count). The van der Waals surface area contributed by atoms with Crippen LogP contribution in [-0.2, 0) is 4.74 Å². The third-order valence-corrected chi connectivity index (χ3v) is 6.84. The number of carbonyl (C=O) groups excluding carboxylic acids is 2. The van der Waals surface area contributed by atoms with Crippen molar-refractivity contribution in [3.63, 3.8) is 0 Å². The second-order valence-corrected chi connectivity index (χ2v) is 9.30. The van der Waals surface area contributed by atoms with Gasteiger partial charge in [0.15, 0.2) is 0 Å². The van der Waals surface area contributed by atoms with E-state index in [0.29, 0.717) is 37.4 Å². The number of halogens is 1. The number of nitriles is 1. The lowest BCUT2D eigenvalue weighted by Crippen LogP contribution is -2.11. The number of hydrogen-bond acceptors (Lipinski definition) is 7. The number of benzene rings is 2. The number of carbonyl (C=O) groups is 2. The van der Waals surface area contributed by atoms with E-state index >= 15 is 0 Å². The van der Waals surface area contributed by atoms with Gasteiger partial charge in [0.2, 0.25) is 0 Å². The van der Waals surface area contributed by atoms with Gasteiger partial charge in [0.25, 0.3) is 5.91 Å². The molecule has 1 amide bonds. The number of allylic oxidation sites excluding steroid dienone is 1. The summed E-state index contributed by atoms with van der Waals surface area (Å²) in [6.07, 6.45) is 1.68. The van der Waals surface area contributed by atoms with Crippen molar-refractivity contribution in [3.05, 3.63) is 92.8 Å². The highest BCUT2D eigenvalue weighted by atomic mass is 35.5. The highest BCUT2D eigenvalue weighted by Crippen LogP contribution is 2.38. The molecule has 0 unspecified atom stereocenters. The Labute approximate surface area is 208 Å². The Morgan fingerprint density at radius 2 is 1.79 bits per heavy atom. The summed E-state index contributed by atoms with van der Waals surface area (Å²) in [5.74, 6) is -0.733. The first-order chi connectivity index (χ1) is 16.5. The van der Waals surface area contributed by atoms with Gasteiger partial charge in [-0.25, -0.2) is 9.78 Å². The van der Waals surface area contributed by atoms with Crippen LogP contribution in [0.4, 0.5) is 5.00 Å². The van der Waals surface area contributed by atoms with E-state index < -0.39 is 5.97 Å². The van der Waals surface area contributed by atoms with Gasteiger partial charge in [-0.2, -0.15) is 5.26 Å². The fourth-order valence-corrected chi connectivity index (χ4v) is 4.87. The van der Waals surface area contributed by atoms with Crippen molar-refractivity contribution < 1.29 is 14.3 Å². The maximum Gasteiger partial charge on any atom is 0.337 e. The lowest BCUT2D eigenvalue weighted by molar-refractivity contribution is 0.0600. The lowest BCUT2D eigenvalue weighted by atomic mass is 10.1. The molecule has 2 heterocycles. The fraction of sp³-hybridized carbons (Fsp3) is 0.0400. The number of hydrogen-bond donors (Lipinski definition) is 1. The third-order valence-electron chi connectivity index (χ3n) is 4.71. The van der Waals surface area contributed by atoms with Gasteiger partial charge in [-0.3, -0.25) is 4.79 Å². The van der Waals surface area contributed by atoms with E-state index in [4.69, 9.17) is 16.3 Å². The smallest absolute Gasteiger partial charge is 0.337 e. The van der Waals surface area contributed by atoms with Crippen LogP contribution in [0.5, 0.6) is 0 Å². The molecule has 2 aromatic carbocycles. The molecule has 0 spiro atoms. The lowest BCUT2D eigenvalue weighted by Gasteiger charge is -2.04. The second kappa shape index (κ2) is 10.4. The second-order valence-electron chi connectivity index (χ2n) is 6.92. The zero-order valence-electron chi connectivity index (χ0n) is 17.7. The molecule has 0 fully saturated rings. The Morgan fingerprint density at radius 1 is 1.09 bits per heavy atom. The minimum Gasteiger partial charge on any atom is -0.465 e. The number of nitrogens with one attached hydrogen (secondary N) is 1. The van der Waals surface area contributed by atoms with Crippen LogP contribution in [0.25, 0.3) is 22.2 Å². The molecule has 0 atom stereocenters. The van der Waals surface area contributed by atoms with E-state index in [9.17, 15) is 14.9 Å². The topological polar surface area (TPSA) is 92.1 Å². The molecule has 0 radical (unpaired) electrons. The molecule has 168 valence electrons. The Morgan fingerprint density at radius 3 is 2.41 bits per heavy atom. The molecule has 34 heavy (non-hydrogen) atoms. The number of esters is 1. The van der Waals surface area contributed by atoms with Gasteiger partial charge >= 0.3 is 5.97 Å². The van der Waals surface area contributed by atoms with Gasteiger partial charge in [-0.05, 0) is 59.5 Å². The number of rotatable bonds is 6. The summed E-state index contributed by atoms with van der Waals surface area (Å²) < 4.78 is 4.71. The number of aromatic nitrogens is 1. The van der Waals surface area contributed by atoms with Gasteiger partial charge in [-0.15, -0.1) is 11.3 Å². The van der Waals surface area contributed by atoms with Crippen molar-refractivity contribution in [2.45, 2.75) is 0 Å². The first-order valence-corrected chi connectivity index (χ1v) is 12.0. The molecule has 2 aromatic heterocycles.